The van der Waals surface area contributed by atoms with Crippen molar-refractivity contribution in [3.63, 3.8) is 0 Å². The number of benzene rings is 2. The van der Waals surface area contributed by atoms with E-state index in [9.17, 15) is 18.8 Å². The highest BCUT2D eigenvalue weighted by Crippen LogP contribution is 2.33. The molecule has 1 unspecified atom stereocenters. The molecule has 0 bridgehead atoms. The van der Waals surface area contributed by atoms with Gasteiger partial charge in [-0.2, -0.15) is 0 Å². The lowest BCUT2D eigenvalue weighted by Crippen LogP contribution is -2.34. The van der Waals surface area contributed by atoms with Gasteiger partial charge < -0.3 is 19.3 Å². The SMILES string of the molecule is COc1ccc(CN(C)C(=O)COC(=O)CC2c3ccccc3C=CN2C(C)=O)cc1F. The van der Waals surface area contributed by atoms with Crippen molar-refractivity contribution < 1.29 is 28.2 Å². The van der Waals surface area contributed by atoms with Crippen LogP contribution in [-0.4, -0.2) is 48.3 Å². The predicted octanol–water partition coefficient (Wildman–Crippen LogP) is 3.30. The zero-order valence-corrected chi connectivity index (χ0v) is 18.2. The molecule has 32 heavy (non-hydrogen) atoms. The Hall–Kier alpha value is -3.68. The molecule has 0 saturated carbocycles. The van der Waals surface area contributed by atoms with E-state index in [-0.39, 0.29) is 24.6 Å². The number of carbonyl (C=O) groups excluding carboxylic acids is 3. The lowest BCUT2D eigenvalue weighted by atomic mass is 9.94. The van der Waals surface area contributed by atoms with E-state index in [1.165, 1.54) is 43.0 Å². The van der Waals surface area contributed by atoms with Crippen molar-refractivity contribution in [2.45, 2.75) is 25.9 Å². The van der Waals surface area contributed by atoms with Crippen molar-refractivity contribution in [2.75, 3.05) is 20.8 Å². The van der Waals surface area contributed by atoms with Crippen LogP contribution in [-0.2, 0) is 25.7 Å². The van der Waals surface area contributed by atoms with Crippen molar-refractivity contribution in [1.82, 2.24) is 9.80 Å². The average Bonchev–Trinajstić information content (AvgIpc) is 2.77. The molecule has 0 saturated heterocycles. The summed E-state index contributed by atoms with van der Waals surface area (Å²) in [5.74, 6) is -1.62. The summed E-state index contributed by atoms with van der Waals surface area (Å²) in [4.78, 5) is 39.7. The van der Waals surface area contributed by atoms with Gasteiger partial charge in [-0.25, -0.2) is 4.39 Å². The molecule has 2 aromatic rings. The van der Waals surface area contributed by atoms with Crippen LogP contribution in [0.4, 0.5) is 4.39 Å². The van der Waals surface area contributed by atoms with Crippen molar-refractivity contribution in [1.29, 1.82) is 0 Å². The van der Waals surface area contributed by atoms with Crippen LogP contribution >= 0.6 is 0 Å². The number of amides is 2. The van der Waals surface area contributed by atoms with Crippen LogP contribution in [0.1, 0.15) is 36.1 Å². The van der Waals surface area contributed by atoms with Crippen molar-refractivity contribution in [2.24, 2.45) is 0 Å². The maximum absolute atomic E-state index is 13.8. The Balaban J connectivity index is 1.57. The van der Waals surface area contributed by atoms with E-state index in [4.69, 9.17) is 9.47 Å². The van der Waals surface area contributed by atoms with Crippen LogP contribution in [0.25, 0.3) is 6.08 Å². The largest absolute Gasteiger partial charge is 0.494 e. The number of halogens is 1. The van der Waals surface area contributed by atoms with Gasteiger partial charge in [0, 0.05) is 26.7 Å². The molecular formula is C24H25FN2O5. The molecule has 0 fully saturated rings. The predicted molar refractivity (Wildman–Crippen MR) is 116 cm³/mol. The molecule has 0 aliphatic carbocycles. The highest BCUT2D eigenvalue weighted by molar-refractivity contribution is 5.82. The van der Waals surface area contributed by atoms with Gasteiger partial charge in [-0.15, -0.1) is 0 Å². The summed E-state index contributed by atoms with van der Waals surface area (Å²) in [5.41, 5.74) is 2.34. The van der Waals surface area contributed by atoms with E-state index in [1.54, 1.807) is 12.3 Å². The number of ether oxygens (including phenoxy) is 2. The van der Waals surface area contributed by atoms with Crippen LogP contribution in [0.15, 0.2) is 48.7 Å². The Morgan fingerprint density at radius 2 is 1.91 bits per heavy atom. The van der Waals surface area contributed by atoms with Crippen LogP contribution < -0.4 is 4.74 Å². The molecule has 2 amide bonds. The lowest BCUT2D eigenvalue weighted by Gasteiger charge is -2.32. The topological polar surface area (TPSA) is 76.2 Å². The third-order valence-corrected chi connectivity index (χ3v) is 5.25. The molecule has 8 heteroatoms. The van der Waals surface area contributed by atoms with Gasteiger partial charge in [-0.3, -0.25) is 14.4 Å². The fourth-order valence-corrected chi connectivity index (χ4v) is 3.55. The molecule has 0 radical (unpaired) electrons. The van der Waals surface area contributed by atoms with Crippen LogP contribution in [0.2, 0.25) is 0 Å². The Bertz CT molecular complexity index is 1050. The summed E-state index contributed by atoms with van der Waals surface area (Å²) in [6.07, 6.45) is 3.39. The Morgan fingerprint density at radius 3 is 2.59 bits per heavy atom. The minimum Gasteiger partial charge on any atom is -0.494 e. The van der Waals surface area contributed by atoms with Crippen LogP contribution in [0.5, 0.6) is 5.75 Å². The first-order valence-electron chi connectivity index (χ1n) is 10.1. The number of fused-ring (bicyclic) bond motifs is 1. The average molecular weight is 440 g/mol. The quantitative estimate of drug-likeness (QED) is 0.618. The normalized spacial score (nSPS) is 14.5. The van der Waals surface area contributed by atoms with Crippen LogP contribution in [0.3, 0.4) is 0 Å². The molecule has 0 N–H and O–H groups in total. The summed E-state index contributed by atoms with van der Waals surface area (Å²) in [7, 11) is 2.91. The molecule has 1 aliphatic rings. The summed E-state index contributed by atoms with van der Waals surface area (Å²) in [6.45, 7) is 1.13. The van der Waals surface area contributed by atoms with Gasteiger partial charge in [0.15, 0.2) is 18.2 Å². The second kappa shape index (κ2) is 10.1. The van der Waals surface area contributed by atoms with Gasteiger partial charge in [0.1, 0.15) is 0 Å². The minimum absolute atomic E-state index is 0.0817. The molecule has 0 aromatic heterocycles. The van der Waals surface area contributed by atoms with Gasteiger partial charge in [-0.1, -0.05) is 30.3 Å². The molecule has 2 aromatic carbocycles. The van der Waals surface area contributed by atoms with Gasteiger partial charge in [0.2, 0.25) is 5.91 Å². The van der Waals surface area contributed by atoms with Gasteiger partial charge in [0.25, 0.3) is 5.91 Å². The summed E-state index contributed by atoms with van der Waals surface area (Å²) in [6, 6.07) is 11.4. The highest BCUT2D eigenvalue weighted by atomic mass is 19.1. The number of hydrogen-bond donors (Lipinski definition) is 0. The second-order valence-corrected chi connectivity index (χ2v) is 7.47. The van der Waals surface area contributed by atoms with Crippen LogP contribution in [0, 0.1) is 5.82 Å². The number of esters is 1. The smallest absolute Gasteiger partial charge is 0.308 e. The van der Waals surface area contributed by atoms with Gasteiger partial charge in [0.05, 0.1) is 19.6 Å². The van der Waals surface area contributed by atoms with E-state index in [1.807, 2.05) is 30.3 Å². The maximum atomic E-state index is 13.8. The van der Waals surface area contributed by atoms with E-state index in [2.05, 4.69) is 0 Å². The third-order valence-electron chi connectivity index (χ3n) is 5.25. The number of nitrogens with zero attached hydrogens (tertiary/aromatic N) is 2. The molecule has 0 spiro atoms. The summed E-state index contributed by atoms with van der Waals surface area (Å²) < 4.78 is 23.9. The fourth-order valence-electron chi connectivity index (χ4n) is 3.55. The standard InChI is InChI=1S/C24H25FN2O5/c1-16(28)27-11-10-18-6-4-5-7-19(18)21(27)13-24(30)32-15-23(29)26(2)14-17-8-9-22(31-3)20(25)12-17/h4-12,21H,13-15H2,1-3H3. The molecule has 3 rings (SSSR count). The number of carbonyl (C=O) groups is 3. The zero-order valence-electron chi connectivity index (χ0n) is 18.2. The van der Waals surface area contributed by atoms with Gasteiger partial charge >= 0.3 is 5.97 Å². The van der Waals surface area contributed by atoms with E-state index >= 15 is 0 Å². The maximum Gasteiger partial charge on any atom is 0.308 e. The summed E-state index contributed by atoms with van der Waals surface area (Å²) in [5, 5.41) is 0. The molecule has 1 aliphatic heterocycles. The fraction of sp³-hybridized carbons (Fsp3) is 0.292. The second-order valence-electron chi connectivity index (χ2n) is 7.47. The molecule has 7 nitrogen and oxygen atoms in total. The van der Waals surface area contributed by atoms with E-state index in [0.29, 0.717) is 5.56 Å². The first kappa shape index (κ1) is 23.0. The van der Waals surface area contributed by atoms with Gasteiger partial charge in [-0.05, 0) is 34.9 Å². The van der Waals surface area contributed by atoms with E-state index < -0.39 is 30.3 Å². The first-order chi connectivity index (χ1) is 15.3. The third kappa shape index (κ3) is 5.32. The monoisotopic (exact) mass is 440 g/mol. The van der Waals surface area contributed by atoms with Crippen molar-refractivity contribution in [3.05, 3.63) is 71.2 Å². The molecule has 168 valence electrons. The first-order valence-corrected chi connectivity index (χ1v) is 10.1. The number of rotatable bonds is 7. The van der Waals surface area contributed by atoms with Crippen molar-refractivity contribution >= 4 is 23.9 Å². The number of hydrogen-bond acceptors (Lipinski definition) is 5. The van der Waals surface area contributed by atoms with Crippen molar-refractivity contribution in [3.8, 4) is 5.75 Å². The molecular weight excluding hydrogens is 415 g/mol. The number of methoxy groups -OCH3 is 1. The molecule has 1 heterocycles. The lowest BCUT2D eigenvalue weighted by molar-refractivity contribution is -0.153. The highest BCUT2D eigenvalue weighted by Gasteiger charge is 2.29. The number of likely N-dealkylation sites (N-methyl/N-ethyl adjacent to an activating group) is 1. The Labute approximate surface area is 186 Å². The zero-order chi connectivity index (χ0) is 23.3. The molecule has 1 atom stereocenters. The van der Waals surface area contributed by atoms with E-state index in [0.717, 1.165) is 11.1 Å². The Kier molecular flexibility index (Phi) is 7.25. The summed E-state index contributed by atoms with van der Waals surface area (Å²) >= 11 is 0. The minimum atomic E-state index is -0.594. The Morgan fingerprint density at radius 1 is 1.16 bits per heavy atom.